The van der Waals surface area contributed by atoms with Crippen molar-refractivity contribution in [3.8, 4) is 11.4 Å². The Morgan fingerprint density at radius 1 is 1.04 bits per heavy atom. The molecule has 1 aromatic carbocycles. The summed E-state index contributed by atoms with van der Waals surface area (Å²) in [5.74, 6) is 0.697. The summed E-state index contributed by atoms with van der Waals surface area (Å²) in [6, 6.07) is 12.4. The highest BCUT2D eigenvalue weighted by atomic mass is 79.9. The van der Waals surface area contributed by atoms with Crippen molar-refractivity contribution in [1.29, 1.82) is 0 Å². The second kappa shape index (κ2) is 7.57. The van der Waals surface area contributed by atoms with Crippen LogP contribution in [-0.2, 0) is 0 Å². The summed E-state index contributed by atoms with van der Waals surface area (Å²) in [4.78, 5) is 13.3. The lowest BCUT2D eigenvalue weighted by atomic mass is 10.2. The maximum atomic E-state index is 13.7. The van der Waals surface area contributed by atoms with Crippen LogP contribution in [0.4, 0.5) is 21.8 Å². The Bertz CT molecular complexity index is 871. The van der Waals surface area contributed by atoms with Gasteiger partial charge in [0.25, 0.3) is 0 Å². The second-order valence-corrected chi connectivity index (χ2v) is 6.58. The van der Waals surface area contributed by atoms with Crippen LogP contribution >= 0.6 is 15.9 Å². The summed E-state index contributed by atoms with van der Waals surface area (Å²) >= 11 is 3.15. The van der Waals surface area contributed by atoms with E-state index in [1.807, 2.05) is 32.0 Å². The average molecular weight is 402 g/mol. The van der Waals surface area contributed by atoms with Gasteiger partial charge in [0, 0.05) is 24.0 Å². The number of pyridine rings is 1. The molecule has 128 valence electrons. The monoisotopic (exact) mass is 401 g/mol. The van der Waals surface area contributed by atoms with E-state index in [0.717, 1.165) is 5.69 Å². The third-order valence-corrected chi connectivity index (χ3v) is 3.91. The fourth-order valence-electron chi connectivity index (χ4n) is 2.20. The maximum Gasteiger partial charge on any atom is 0.225 e. The first-order valence-electron chi connectivity index (χ1n) is 7.80. The van der Waals surface area contributed by atoms with Gasteiger partial charge in [-0.3, -0.25) is 4.98 Å². The number of benzene rings is 1. The third kappa shape index (κ3) is 4.51. The van der Waals surface area contributed by atoms with E-state index in [1.165, 1.54) is 6.07 Å². The van der Waals surface area contributed by atoms with Crippen LogP contribution < -0.4 is 10.6 Å². The number of anilines is 3. The Hall–Kier alpha value is -2.54. The first-order chi connectivity index (χ1) is 12.0. The molecule has 0 aliphatic rings. The fourth-order valence-corrected chi connectivity index (χ4v) is 2.45. The summed E-state index contributed by atoms with van der Waals surface area (Å²) in [5.41, 5.74) is 2.02. The number of hydrogen-bond acceptors (Lipinski definition) is 5. The van der Waals surface area contributed by atoms with Crippen LogP contribution in [0.5, 0.6) is 0 Å². The van der Waals surface area contributed by atoms with Crippen molar-refractivity contribution in [1.82, 2.24) is 15.0 Å². The minimum atomic E-state index is -0.343. The van der Waals surface area contributed by atoms with E-state index in [1.54, 1.807) is 24.4 Å². The summed E-state index contributed by atoms with van der Waals surface area (Å²) in [6.45, 7) is 4.02. The SMILES string of the molecule is CC(C)Nc1nc(Nc2ccc(Br)c(F)c2)cc(-c2ccccn2)n1. The second-order valence-electron chi connectivity index (χ2n) is 5.73. The molecule has 0 bridgehead atoms. The van der Waals surface area contributed by atoms with Gasteiger partial charge in [-0.05, 0) is 60.1 Å². The van der Waals surface area contributed by atoms with Gasteiger partial charge in [-0.2, -0.15) is 4.98 Å². The van der Waals surface area contributed by atoms with Gasteiger partial charge in [0.1, 0.15) is 11.6 Å². The highest BCUT2D eigenvalue weighted by Gasteiger charge is 2.10. The summed E-state index contributed by atoms with van der Waals surface area (Å²) in [6.07, 6.45) is 1.71. The van der Waals surface area contributed by atoms with Gasteiger partial charge >= 0.3 is 0 Å². The van der Waals surface area contributed by atoms with Gasteiger partial charge in [-0.25, -0.2) is 9.37 Å². The summed E-state index contributed by atoms with van der Waals surface area (Å²) < 4.78 is 14.1. The van der Waals surface area contributed by atoms with Crippen molar-refractivity contribution >= 4 is 33.4 Å². The molecule has 2 N–H and O–H groups in total. The molecule has 0 saturated heterocycles. The van der Waals surface area contributed by atoms with Crippen LogP contribution in [0, 0.1) is 5.82 Å². The zero-order valence-electron chi connectivity index (χ0n) is 13.8. The van der Waals surface area contributed by atoms with E-state index >= 15 is 0 Å². The topological polar surface area (TPSA) is 62.7 Å². The van der Waals surface area contributed by atoms with Crippen LogP contribution in [0.15, 0.2) is 53.1 Å². The van der Waals surface area contributed by atoms with Gasteiger partial charge in [-0.15, -0.1) is 0 Å². The van der Waals surface area contributed by atoms with Gasteiger partial charge in [0.2, 0.25) is 5.95 Å². The minimum Gasteiger partial charge on any atom is -0.352 e. The Morgan fingerprint density at radius 3 is 2.56 bits per heavy atom. The molecule has 5 nitrogen and oxygen atoms in total. The minimum absolute atomic E-state index is 0.178. The smallest absolute Gasteiger partial charge is 0.225 e. The molecule has 0 aliphatic carbocycles. The lowest BCUT2D eigenvalue weighted by molar-refractivity contribution is 0.622. The van der Waals surface area contributed by atoms with Crippen molar-refractivity contribution in [3.05, 3.63) is 59.0 Å². The highest BCUT2D eigenvalue weighted by molar-refractivity contribution is 9.10. The standard InChI is InChI=1S/C18H17BrFN5/c1-11(2)22-18-24-16(15-5-3-4-8-21-15)10-17(25-18)23-12-6-7-13(19)14(20)9-12/h3-11H,1-2H3,(H2,22,23,24,25). The van der Waals surface area contributed by atoms with E-state index in [2.05, 4.69) is 41.5 Å². The number of rotatable bonds is 5. The normalized spacial score (nSPS) is 10.8. The van der Waals surface area contributed by atoms with E-state index in [4.69, 9.17) is 0 Å². The van der Waals surface area contributed by atoms with Crippen molar-refractivity contribution < 1.29 is 4.39 Å². The third-order valence-electron chi connectivity index (χ3n) is 3.26. The molecule has 0 unspecified atom stereocenters. The molecule has 0 amide bonds. The molecule has 0 radical (unpaired) electrons. The predicted molar refractivity (Wildman–Crippen MR) is 101 cm³/mol. The number of halogens is 2. The van der Waals surface area contributed by atoms with Gasteiger partial charge in [0.15, 0.2) is 0 Å². The first-order valence-corrected chi connectivity index (χ1v) is 8.59. The number of nitrogens with zero attached hydrogens (tertiary/aromatic N) is 3. The van der Waals surface area contributed by atoms with Gasteiger partial charge in [-0.1, -0.05) is 6.07 Å². The van der Waals surface area contributed by atoms with Crippen LogP contribution in [-0.4, -0.2) is 21.0 Å². The molecule has 0 atom stereocenters. The average Bonchev–Trinajstić information content (AvgIpc) is 2.58. The highest BCUT2D eigenvalue weighted by Crippen LogP contribution is 2.25. The molecule has 25 heavy (non-hydrogen) atoms. The molecule has 0 aliphatic heterocycles. The van der Waals surface area contributed by atoms with E-state index in [0.29, 0.717) is 27.6 Å². The maximum absolute atomic E-state index is 13.7. The van der Waals surface area contributed by atoms with Crippen molar-refractivity contribution in [2.24, 2.45) is 0 Å². The Labute approximate surface area is 153 Å². The molecule has 7 heteroatoms. The first kappa shape index (κ1) is 17.3. The zero-order valence-corrected chi connectivity index (χ0v) is 15.4. The van der Waals surface area contributed by atoms with Crippen molar-refractivity contribution in [2.45, 2.75) is 19.9 Å². The lowest BCUT2D eigenvalue weighted by Gasteiger charge is -2.13. The zero-order chi connectivity index (χ0) is 17.8. The molecule has 2 aromatic heterocycles. The van der Waals surface area contributed by atoms with E-state index in [9.17, 15) is 4.39 Å². The summed E-state index contributed by atoms with van der Waals surface area (Å²) in [7, 11) is 0. The lowest BCUT2D eigenvalue weighted by Crippen LogP contribution is -2.13. The Kier molecular flexibility index (Phi) is 5.23. The van der Waals surface area contributed by atoms with Crippen LogP contribution in [0.1, 0.15) is 13.8 Å². The van der Waals surface area contributed by atoms with Gasteiger partial charge < -0.3 is 10.6 Å². The fraction of sp³-hybridized carbons (Fsp3) is 0.167. The molecule has 3 aromatic rings. The van der Waals surface area contributed by atoms with E-state index < -0.39 is 0 Å². The van der Waals surface area contributed by atoms with Crippen LogP contribution in [0.25, 0.3) is 11.4 Å². The molecule has 0 fully saturated rings. The molecular weight excluding hydrogens is 385 g/mol. The largest absolute Gasteiger partial charge is 0.352 e. The Morgan fingerprint density at radius 2 is 1.88 bits per heavy atom. The number of hydrogen-bond donors (Lipinski definition) is 2. The van der Waals surface area contributed by atoms with Crippen LogP contribution in [0.2, 0.25) is 0 Å². The molecule has 2 heterocycles. The van der Waals surface area contributed by atoms with E-state index in [-0.39, 0.29) is 11.9 Å². The number of aromatic nitrogens is 3. The molecule has 0 saturated carbocycles. The summed E-state index contributed by atoms with van der Waals surface area (Å²) in [5, 5.41) is 6.31. The predicted octanol–water partition coefficient (Wildman–Crippen LogP) is 5.00. The molecule has 3 rings (SSSR count). The molecular formula is C18H17BrFN5. The molecule has 0 spiro atoms. The van der Waals surface area contributed by atoms with Crippen LogP contribution in [0.3, 0.4) is 0 Å². The van der Waals surface area contributed by atoms with Gasteiger partial charge in [0.05, 0.1) is 15.9 Å². The Balaban J connectivity index is 1.98. The quantitative estimate of drug-likeness (QED) is 0.629. The van der Waals surface area contributed by atoms with Crippen molar-refractivity contribution in [3.63, 3.8) is 0 Å². The van der Waals surface area contributed by atoms with Crippen molar-refractivity contribution in [2.75, 3.05) is 10.6 Å². The number of nitrogens with one attached hydrogen (secondary N) is 2.